The average molecular weight is 349 g/mol. The van der Waals surface area contributed by atoms with E-state index in [4.69, 9.17) is 9.72 Å². The van der Waals surface area contributed by atoms with Crippen LogP contribution in [0.3, 0.4) is 0 Å². The average Bonchev–Trinajstić information content (AvgIpc) is 3.11. The minimum absolute atomic E-state index is 0.342. The summed E-state index contributed by atoms with van der Waals surface area (Å²) in [5.74, 6) is 0.478. The number of imidazole rings is 1. The summed E-state index contributed by atoms with van der Waals surface area (Å²) in [5, 5.41) is 0. The molecule has 5 nitrogen and oxygen atoms in total. The van der Waals surface area contributed by atoms with Gasteiger partial charge in [0.25, 0.3) is 0 Å². The van der Waals surface area contributed by atoms with E-state index in [1.165, 1.54) is 37.6 Å². The lowest BCUT2D eigenvalue weighted by atomic mass is 10.1. The van der Waals surface area contributed by atoms with Gasteiger partial charge in [-0.25, -0.2) is 9.78 Å². The van der Waals surface area contributed by atoms with Crippen LogP contribution in [-0.4, -0.2) is 36.1 Å². The number of anilines is 1. The number of fused-ring (bicyclic) bond motifs is 1. The number of piperidine rings is 1. The number of hydrogen-bond donors (Lipinski definition) is 1. The summed E-state index contributed by atoms with van der Waals surface area (Å²) in [4.78, 5) is 22.2. The molecule has 2 heterocycles. The number of nitrogens with one attached hydrogen (secondary N) is 1. The lowest BCUT2D eigenvalue weighted by Gasteiger charge is -2.30. The zero-order valence-corrected chi connectivity index (χ0v) is 15.2. The maximum Gasteiger partial charge on any atom is 0.337 e. The van der Waals surface area contributed by atoms with Crippen molar-refractivity contribution in [2.75, 3.05) is 25.1 Å². The number of aromatic amines is 1. The summed E-state index contributed by atoms with van der Waals surface area (Å²) in [6, 6.07) is 11.9. The van der Waals surface area contributed by atoms with Gasteiger partial charge < -0.3 is 14.6 Å². The fraction of sp³-hybridized carbons (Fsp3) is 0.333. The number of H-pyrrole nitrogens is 1. The number of rotatable bonds is 3. The van der Waals surface area contributed by atoms with Crippen LogP contribution in [0.1, 0.15) is 35.2 Å². The number of carbonyl (C=O) groups excluding carboxylic acids is 1. The van der Waals surface area contributed by atoms with Crippen molar-refractivity contribution in [2.45, 2.75) is 26.2 Å². The lowest BCUT2D eigenvalue weighted by molar-refractivity contribution is 0.0601. The van der Waals surface area contributed by atoms with Gasteiger partial charge in [-0.15, -0.1) is 0 Å². The highest BCUT2D eigenvalue weighted by atomic mass is 16.5. The van der Waals surface area contributed by atoms with Gasteiger partial charge in [0, 0.05) is 24.3 Å². The van der Waals surface area contributed by atoms with E-state index in [1.807, 2.05) is 6.07 Å². The van der Waals surface area contributed by atoms with Gasteiger partial charge >= 0.3 is 5.97 Å². The first kappa shape index (κ1) is 16.6. The fourth-order valence-electron chi connectivity index (χ4n) is 3.62. The zero-order valence-electron chi connectivity index (χ0n) is 15.2. The van der Waals surface area contributed by atoms with Crippen LogP contribution in [0.4, 0.5) is 5.69 Å². The molecular formula is C21H23N3O2. The quantitative estimate of drug-likeness (QED) is 0.716. The van der Waals surface area contributed by atoms with Crippen LogP contribution >= 0.6 is 0 Å². The predicted molar refractivity (Wildman–Crippen MR) is 104 cm³/mol. The Labute approximate surface area is 153 Å². The highest BCUT2D eigenvalue weighted by molar-refractivity contribution is 5.94. The first-order valence-electron chi connectivity index (χ1n) is 9.10. The highest BCUT2D eigenvalue weighted by Gasteiger charge is 2.15. The molecule has 2 aromatic carbocycles. The number of aromatic nitrogens is 2. The molecule has 1 aromatic heterocycles. The van der Waals surface area contributed by atoms with Gasteiger partial charge in [0.1, 0.15) is 5.82 Å². The van der Waals surface area contributed by atoms with E-state index < -0.39 is 0 Å². The molecule has 0 aliphatic carbocycles. The molecule has 1 N–H and O–H groups in total. The predicted octanol–water partition coefficient (Wildman–Crippen LogP) is 4.32. The summed E-state index contributed by atoms with van der Waals surface area (Å²) in [5.41, 5.74) is 5.84. The van der Waals surface area contributed by atoms with Crippen molar-refractivity contribution in [3.05, 3.63) is 47.5 Å². The van der Waals surface area contributed by atoms with Gasteiger partial charge in [-0.05, 0) is 56.0 Å². The van der Waals surface area contributed by atoms with Gasteiger partial charge in [-0.1, -0.05) is 12.1 Å². The molecule has 5 heteroatoms. The number of benzene rings is 2. The van der Waals surface area contributed by atoms with E-state index >= 15 is 0 Å². The summed E-state index contributed by atoms with van der Waals surface area (Å²) in [7, 11) is 1.39. The second kappa shape index (κ2) is 6.83. The maximum absolute atomic E-state index is 11.7. The number of carbonyl (C=O) groups is 1. The normalized spacial score (nSPS) is 14.6. The van der Waals surface area contributed by atoms with Crippen LogP contribution in [0.25, 0.3) is 22.4 Å². The van der Waals surface area contributed by atoms with E-state index in [0.29, 0.717) is 5.56 Å². The molecule has 1 aliphatic rings. The van der Waals surface area contributed by atoms with Gasteiger partial charge in [-0.2, -0.15) is 0 Å². The molecule has 0 amide bonds. The Morgan fingerprint density at radius 1 is 1.12 bits per heavy atom. The summed E-state index contributed by atoms with van der Waals surface area (Å²) >= 11 is 0. The molecule has 1 aliphatic heterocycles. The van der Waals surface area contributed by atoms with Crippen molar-refractivity contribution >= 4 is 22.7 Å². The van der Waals surface area contributed by atoms with Crippen molar-refractivity contribution in [3.63, 3.8) is 0 Å². The third-order valence-corrected chi connectivity index (χ3v) is 5.08. The van der Waals surface area contributed by atoms with E-state index in [9.17, 15) is 4.79 Å². The highest BCUT2D eigenvalue weighted by Crippen LogP contribution is 2.29. The largest absolute Gasteiger partial charge is 0.465 e. The van der Waals surface area contributed by atoms with Crippen LogP contribution in [0.2, 0.25) is 0 Å². The SMILES string of the molecule is COC(=O)c1ccc2nc(-c3ccc(C)c(N4CCCCC4)c3)[nH]c2c1. The molecule has 0 bridgehead atoms. The summed E-state index contributed by atoms with van der Waals surface area (Å²) in [6.45, 7) is 4.40. The van der Waals surface area contributed by atoms with Crippen LogP contribution in [0.15, 0.2) is 36.4 Å². The molecule has 1 saturated heterocycles. The number of methoxy groups -OCH3 is 1. The lowest BCUT2D eigenvalue weighted by Crippen LogP contribution is -2.29. The minimum atomic E-state index is -0.342. The first-order valence-corrected chi connectivity index (χ1v) is 9.10. The summed E-state index contributed by atoms with van der Waals surface area (Å²) in [6.07, 6.45) is 3.83. The second-order valence-corrected chi connectivity index (χ2v) is 6.86. The number of ether oxygens (including phenoxy) is 1. The fourth-order valence-corrected chi connectivity index (χ4v) is 3.62. The number of hydrogen-bond acceptors (Lipinski definition) is 4. The number of esters is 1. The van der Waals surface area contributed by atoms with Crippen LogP contribution in [-0.2, 0) is 4.74 Å². The molecule has 1 fully saturated rings. The van der Waals surface area contributed by atoms with Gasteiger partial charge in [-0.3, -0.25) is 0 Å². The topological polar surface area (TPSA) is 58.2 Å². The van der Waals surface area contributed by atoms with E-state index in [-0.39, 0.29) is 5.97 Å². The zero-order chi connectivity index (χ0) is 18.1. The van der Waals surface area contributed by atoms with Crippen LogP contribution in [0, 0.1) is 6.92 Å². The molecule has 4 rings (SSSR count). The van der Waals surface area contributed by atoms with Crippen molar-refractivity contribution < 1.29 is 9.53 Å². The third-order valence-electron chi connectivity index (χ3n) is 5.08. The first-order chi connectivity index (χ1) is 12.7. The third kappa shape index (κ3) is 3.05. The summed E-state index contributed by atoms with van der Waals surface area (Å²) < 4.78 is 4.79. The Bertz CT molecular complexity index is 955. The maximum atomic E-state index is 11.7. The molecule has 26 heavy (non-hydrogen) atoms. The molecule has 0 radical (unpaired) electrons. The van der Waals surface area contributed by atoms with Crippen molar-refractivity contribution in [2.24, 2.45) is 0 Å². The molecule has 0 atom stereocenters. The Morgan fingerprint density at radius 2 is 1.92 bits per heavy atom. The van der Waals surface area contributed by atoms with Crippen LogP contribution in [0.5, 0.6) is 0 Å². The van der Waals surface area contributed by atoms with Gasteiger partial charge in [0.15, 0.2) is 0 Å². The van der Waals surface area contributed by atoms with Crippen molar-refractivity contribution in [1.29, 1.82) is 0 Å². The molecule has 0 unspecified atom stereocenters. The monoisotopic (exact) mass is 349 g/mol. The standard InChI is InChI=1S/C21H23N3O2/c1-14-6-7-15(13-19(14)24-10-4-3-5-11-24)20-22-17-9-8-16(21(25)26-2)12-18(17)23-20/h6-9,12-13H,3-5,10-11H2,1-2H3,(H,22,23). The van der Waals surface area contributed by atoms with Crippen molar-refractivity contribution in [3.8, 4) is 11.4 Å². The molecule has 134 valence electrons. The van der Waals surface area contributed by atoms with Gasteiger partial charge in [0.05, 0.1) is 23.7 Å². The second-order valence-electron chi connectivity index (χ2n) is 6.86. The number of nitrogens with zero attached hydrogens (tertiary/aromatic N) is 2. The molecular weight excluding hydrogens is 326 g/mol. The van der Waals surface area contributed by atoms with Crippen LogP contribution < -0.4 is 4.90 Å². The van der Waals surface area contributed by atoms with Gasteiger partial charge in [0.2, 0.25) is 0 Å². The Balaban J connectivity index is 1.71. The smallest absolute Gasteiger partial charge is 0.337 e. The Morgan fingerprint density at radius 3 is 2.69 bits per heavy atom. The number of aryl methyl sites for hydroxylation is 1. The minimum Gasteiger partial charge on any atom is -0.465 e. The van der Waals surface area contributed by atoms with E-state index in [2.05, 4.69) is 35.0 Å². The molecule has 0 spiro atoms. The Kier molecular flexibility index (Phi) is 4.37. The van der Waals surface area contributed by atoms with E-state index in [1.54, 1.807) is 12.1 Å². The van der Waals surface area contributed by atoms with Crippen molar-refractivity contribution in [1.82, 2.24) is 9.97 Å². The van der Waals surface area contributed by atoms with E-state index in [0.717, 1.165) is 35.5 Å². The molecule has 0 saturated carbocycles. The Hall–Kier alpha value is -2.82. The molecule has 3 aromatic rings.